The normalized spacial score (nSPS) is 22.6. The van der Waals surface area contributed by atoms with E-state index in [0.717, 1.165) is 36.8 Å². The van der Waals surface area contributed by atoms with Crippen molar-refractivity contribution in [1.82, 2.24) is 4.90 Å². The molecule has 6 atom stereocenters. The molecule has 0 saturated heterocycles. The molecule has 0 bridgehead atoms. The summed E-state index contributed by atoms with van der Waals surface area (Å²) >= 11 is 0. The monoisotopic (exact) mass is 864 g/mol. The Kier molecular flexibility index (Phi) is 16.2. The molecule has 336 valence electrons. The molecule has 3 aromatic rings. The van der Waals surface area contributed by atoms with Crippen molar-refractivity contribution in [2.45, 2.75) is 83.0 Å². The van der Waals surface area contributed by atoms with Crippen molar-refractivity contribution in [2.75, 3.05) is 52.5 Å². The minimum atomic E-state index is -1.46. The number of anilines is 1. The number of carbonyl (C=O) groups is 2. The maximum Gasteiger partial charge on any atom is 0.417 e. The number of aliphatic hydroxyl groups is 2. The van der Waals surface area contributed by atoms with Gasteiger partial charge in [-0.2, -0.15) is 5.26 Å². The van der Waals surface area contributed by atoms with Crippen LogP contribution in [-0.4, -0.2) is 91.8 Å². The van der Waals surface area contributed by atoms with Crippen LogP contribution in [0, 0.1) is 29.1 Å². The lowest BCUT2D eigenvalue weighted by Gasteiger charge is -2.60. The van der Waals surface area contributed by atoms with E-state index in [0.29, 0.717) is 72.2 Å². The van der Waals surface area contributed by atoms with Gasteiger partial charge in [-0.15, -0.1) is 6.58 Å². The number of fused-ring (bicyclic) bond motifs is 2. The molecule has 1 fully saturated rings. The minimum absolute atomic E-state index is 0.0142. The van der Waals surface area contributed by atoms with Crippen molar-refractivity contribution in [3.63, 3.8) is 0 Å². The molecule has 3 aliphatic rings. The van der Waals surface area contributed by atoms with E-state index in [9.17, 15) is 25.1 Å². The van der Waals surface area contributed by atoms with Crippen LogP contribution in [-0.2, 0) is 9.57 Å². The molecule has 3 aromatic carbocycles. The molecule has 1 saturated carbocycles. The highest BCUT2D eigenvalue weighted by Gasteiger charge is 2.65. The van der Waals surface area contributed by atoms with E-state index >= 15 is 0 Å². The quantitative estimate of drug-likeness (QED) is 0.0532. The number of hydrogen-bond donors (Lipinski definition) is 3. The first-order valence-electron chi connectivity index (χ1n) is 21.9. The van der Waals surface area contributed by atoms with Gasteiger partial charge in [0.25, 0.3) is 5.91 Å². The summed E-state index contributed by atoms with van der Waals surface area (Å²) in [6.07, 6.45) is 8.38. The first-order chi connectivity index (χ1) is 30.7. The second kappa shape index (κ2) is 22.0. The van der Waals surface area contributed by atoms with Crippen LogP contribution in [0.1, 0.15) is 92.6 Å². The molecule has 6 rings (SSSR count). The van der Waals surface area contributed by atoms with Crippen molar-refractivity contribution in [3.05, 3.63) is 102 Å². The van der Waals surface area contributed by atoms with Crippen LogP contribution < -0.4 is 24.3 Å². The van der Waals surface area contributed by atoms with Crippen molar-refractivity contribution in [1.29, 1.82) is 5.26 Å². The average molecular weight is 865 g/mol. The summed E-state index contributed by atoms with van der Waals surface area (Å²) in [5.74, 6) is -0.844. The zero-order valence-corrected chi connectivity index (χ0v) is 36.7. The molecule has 0 radical (unpaired) electrons. The molecule has 14 nitrogen and oxygen atoms in total. The Bertz CT molecular complexity index is 2170. The number of allylic oxidation sites excluding steroid dienone is 1. The van der Waals surface area contributed by atoms with Crippen LogP contribution in [0.5, 0.6) is 23.0 Å². The first-order valence-corrected chi connectivity index (χ1v) is 21.9. The van der Waals surface area contributed by atoms with Crippen LogP contribution in [0.15, 0.2) is 90.1 Å². The lowest BCUT2D eigenvalue weighted by atomic mass is 9.55. The number of rotatable bonds is 21. The number of oxime groups is 1. The molecule has 0 aromatic heterocycles. The Morgan fingerprint density at radius 2 is 1.75 bits per heavy atom. The Balaban J connectivity index is 1.54. The zero-order valence-electron chi connectivity index (χ0n) is 36.7. The van der Waals surface area contributed by atoms with Gasteiger partial charge in [-0.25, -0.2) is 4.79 Å². The average Bonchev–Trinajstić information content (AvgIpc) is 3.30. The highest BCUT2D eigenvalue weighted by atomic mass is 16.7. The van der Waals surface area contributed by atoms with Gasteiger partial charge in [0.2, 0.25) is 5.79 Å². The smallest absolute Gasteiger partial charge is 0.417 e. The van der Waals surface area contributed by atoms with Crippen molar-refractivity contribution in [3.8, 4) is 29.1 Å². The van der Waals surface area contributed by atoms with E-state index < -0.39 is 23.8 Å². The number of ether oxygens (including phenoxy) is 5. The number of methoxy groups -OCH3 is 2. The summed E-state index contributed by atoms with van der Waals surface area (Å²) in [5.41, 5.74) is 3.63. The van der Waals surface area contributed by atoms with Gasteiger partial charge in [0, 0.05) is 49.3 Å². The molecule has 2 amide bonds. The third-order valence-corrected chi connectivity index (χ3v) is 12.2. The lowest BCUT2D eigenvalue weighted by Crippen LogP contribution is -2.70. The summed E-state index contributed by atoms with van der Waals surface area (Å²) in [4.78, 5) is 36.0. The maximum atomic E-state index is 14.8. The Morgan fingerprint density at radius 3 is 2.41 bits per heavy atom. The number of nitriles is 1. The van der Waals surface area contributed by atoms with Gasteiger partial charge in [-0.1, -0.05) is 37.1 Å². The van der Waals surface area contributed by atoms with Crippen LogP contribution in [0.2, 0.25) is 0 Å². The summed E-state index contributed by atoms with van der Waals surface area (Å²) in [6.45, 7) is 8.80. The number of aliphatic hydroxyl groups excluding tert-OH is 2. The van der Waals surface area contributed by atoms with Crippen molar-refractivity contribution in [2.24, 2.45) is 22.9 Å². The number of nitrogens with one attached hydrogen (secondary N) is 1. The number of amides is 2. The second-order valence-corrected chi connectivity index (χ2v) is 16.0. The Morgan fingerprint density at radius 1 is 1.00 bits per heavy atom. The molecule has 14 heteroatoms. The molecular weight excluding hydrogens is 805 g/mol. The first kappa shape index (κ1) is 46.6. The van der Waals surface area contributed by atoms with Crippen molar-refractivity contribution >= 4 is 23.4 Å². The Labute approximate surface area is 370 Å². The van der Waals surface area contributed by atoms with Crippen LogP contribution in [0.25, 0.3) is 0 Å². The summed E-state index contributed by atoms with van der Waals surface area (Å²) < 4.78 is 31.1. The predicted molar refractivity (Wildman–Crippen MR) is 238 cm³/mol. The standard InChI is InChI=1S/C49H60N4O10/c1-6-23-53(47(56)33-17-15-32(31-50)16-18-33)44-30-41(52-61-8-3)38-27-34(13-9-11-24-54)37(14-10-12-25-55)45-39-28-36(20-22-42(39)63-49(44,46(38)45)60-26-7-2)62-48(57)51-40-21-19-35(58-4)29-43(40)59-5/h7,15-22,27-29,34,37,44-46,54-55H,2,6,8-14,23-26,30H2,1,3-5H3,(H,51,57). The van der Waals surface area contributed by atoms with Crippen molar-refractivity contribution < 1.29 is 48.3 Å². The Hall–Kier alpha value is -5.88. The van der Waals surface area contributed by atoms with E-state index in [1.165, 1.54) is 7.11 Å². The van der Waals surface area contributed by atoms with Gasteiger partial charge in [0.15, 0.2) is 0 Å². The van der Waals surface area contributed by atoms with Gasteiger partial charge in [-0.3, -0.25) is 10.1 Å². The topological polar surface area (TPSA) is 181 Å². The molecule has 63 heavy (non-hydrogen) atoms. The molecular formula is C49H60N4O10. The SMILES string of the molecule is C=CCOC12Oc3ccc(OC(=O)Nc4ccc(OC)cc4OC)cc3C3C(CCCCO)C(CCCCO)C=C(C(=NOCC)CC1N(CCC)C(=O)c1ccc(C#N)cc1)C32. The summed E-state index contributed by atoms with van der Waals surface area (Å²) in [5, 5.41) is 36.9. The second-order valence-electron chi connectivity index (χ2n) is 16.0. The molecule has 2 aliphatic carbocycles. The van der Waals surface area contributed by atoms with E-state index in [4.69, 9.17) is 33.7 Å². The third-order valence-electron chi connectivity index (χ3n) is 12.2. The number of nitrogens with zero attached hydrogens (tertiary/aromatic N) is 3. The van der Waals surface area contributed by atoms with Gasteiger partial charge < -0.3 is 43.6 Å². The molecule has 3 N–H and O–H groups in total. The highest BCUT2D eigenvalue weighted by Crippen LogP contribution is 2.62. The third kappa shape index (κ3) is 10.2. The lowest BCUT2D eigenvalue weighted by molar-refractivity contribution is -0.254. The molecule has 1 aliphatic heterocycles. The summed E-state index contributed by atoms with van der Waals surface area (Å²) in [6, 6.07) is 18.4. The van der Waals surface area contributed by atoms with E-state index in [1.54, 1.807) is 67.8 Å². The maximum absolute atomic E-state index is 14.8. The van der Waals surface area contributed by atoms with Gasteiger partial charge in [0.05, 0.1) is 49.8 Å². The number of hydrogen-bond acceptors (Lipinski definition) is 12. The molecule has 0 spiro atoms. The fourth-order valence-electron chi connectivity index (χ4n) is 9.49. The van der Waals surface area contributed by atoms with Crippen LogP contribution >= 0.6 is 0 Å². The van der Waals surface area contributed by atoms with E-state index in [2.05, 4.69) is 24.0 Å². The summed E-state index contributed by atoms with van der Waals surface area (Å²) in [7, 11) is 3.04. The predicted octanol–water partition coefficient (Wildman–Crippen LogP) is 8.39. The van der Waals surface area contributed by atoms with Crippen LogP contribution in [0.4, 0.5) is 10.5 Å². The fourth-order valence-corrected chi connectivity index (χ4v) is 9.49. The number of carbonyl (C=O) groups excluding carboxylic acids is 2. The van der Waals surface area contributed by atoms with Crippen LogP contribution in [0.3, 0.4) is 0 Å². The van der Waals surface area contributed by atoms with Gasteiger partial charge in [0.1, 0.15) is 35.6 Å². The molecule has 1 heterocycles. The van der Waals surface area contributed by atoms with E-state index in [1.807, 2.05) is 24.8 Å². The highest BCUT2D eigenvalue weighted by molar-refractivity contribution is 6.03. The molecule has 6 unspecified atom stereocenters. The van der Waals surface area contributed by atoms with E-state index in [-0.39, 0.29) is 55.7 Å². The zero-order chi connectivity index (χ0) is 44.9. The fraction of sp³-hybridized carbons (Fsp3) is 0.469. The van der Waals surface area contributed by atoms with Gasteiger partial charge in [-0.05, 0) is 111 Å². The minimum Gasteiger partial charge on any atom is -0.497 e. The largest absolute Gasteiger partial charge is 0.497 e. The number of benzene rings is 3. The number of unbranched alkanes of at least 4 members (excludes halogenated alkanes) is 2. The van der Waals surface area contributed by atoms with Gasteiger partial charge >= 0.3 is 6.09 Å².